The van der Waals surface area contributed by atoms with Crippen LogP contribution in [0.1, 0.15) is 41.3 Å². The summed E-state index contributed by atoms with van der Waals surface area (Å²) in [5.41, 5.74) is 4.39. The number of likely N-dealkylation sites (tertiary alicyclic amines) is 1. The van der Waals surface area contributed by atoms with Crippen LogP contribution in [0.3, 0.4) is 0 Å². The zero-order valence-corrected chi connectivity index (χ0v) is 19.9. The number of rotatable bonds is 6. The predicted molar refractivity (Wildman–Crippen MR) is 132 cm³/mol. The summed E-state index contributed by atoms with van der Waals surface area (Å²) >= 11 is 1.66. The lowest BCUT2D eigenvalue weighted by Crippen LogP contribution is -2.55. The van der Waals surface area contributed by atoms with E-state index in [0.29, 0.717) is 26.2 Å². The van der Waals surface area contributed by atoms with E-state index in [1.165, 1.54) is 16.0 Å². The number of hydrogen-bond donors (Lipinski definition) is 2. The Hall–Kier alpha value is -3.04. The first-order valence-corrected chi connectivity index (χ1v) is 12.7. The van der Waals surface area contributed by atoms with Gasteiger partial charge in [-0.05, 0) is 54.5 Å². The van der Waals surface area contributed by atoms with Crippen LogP contribution in [-0.4, -0.2) is 57.9 Å². The van der Waals surface area contributed by atoms with E-state index in [1.807, 2.05) is 6.21 Å². The van der Waals surface area contributed by atoms with Crippen LogP contribution in [-0.2, 0) is 24.2 Å². The van der Waals surface area contributed by atoms with E-state index in [9.17, 15) is 9.90 Å². The zero-order valence-electron chi connectivity index (χ0n) is 19.1. The molecule has 1 atom stereocenters. The van der Waals surface area contributed by atoms with Crippen molar-refractivity contribution in [3.8, 4) is 5.75 Å². The molecule has 0 saturated carbocycles. The number of nitrogens with zero attached hydrogens (tertiary/aromatic N) is 4. The number of benzene rings is 1. The number of nitrogens with one attached hydrogen (secondary N) is 1. The standard InChI is InChI=1S/C25H27N5O3S/c1-2-5-33-20-7-16-10-26-9-15(16)6-19(20)29-23-22-18-4-3-14(25(32)30-11-17(31)12-30)8-21(18)34-24(22)28-13-27-23/h6-7,9,13-14,17,31H,2-5,8,10-12H2,1H3,(H,27,28,29)/t14-/m0/s1. The lowest BCUT2D eigenvalue weighted by Gasteiger charge is -2.38. The van der Waals surface area contributed by atoms with Gasteiger partial charge in [0, 0.05) is 30.1 Å². The van der Waals surface area contributed by atoms with Crippen molar-refractivity contribution in [1.82, 2.24) is 14.9 Å². The highest BCUT2D eigenvalue weighted by molar-refractivity contribution is 7.19. The number of aliphatic hydroxyl groups is 1. The summed E-state index contributed by atoms with van der Waals surface area (Å²) < 4.78 is 6.06. The van der Waals surface area contributed by atoms with Gasteiger partial charge in [0.15, 0.2) is 0 Å². The summed E-state index contributed by atoms with van der Waals surface area (Å²) in [6, 6.07) is 4.16. The van der Waals surface area contributed by atoms with E-state index in [-0.39, 0.29) is 17.9 Å². The number of aryl methyl sites for hydroxylation is 1. The molecule has 1 aromatic carbocycles. The monoisotopic (exact) mass is 477 g/mol. The number of amides is 1. The summed E-state index contributed by atoms with van der Waals surface area (Å²) in [4.78, 5) is 30.3. The second-order valence-corrected chi connectivity index (χ2v) is 10.3. The maximum atomic E-state index is 12.8. The number of fused-ring (bicyclic) bond motifs is 4. The number of thiophene rings is 1. The minimum Gasteiger partial charge on any atom is -0.491 e. The van der Waals surface area contributed by atoms with Gasteiger partial charge < -0.3 is 20.1 Å². The van der Waals surface area contributed by atoms with Crippen LogP contribution < -0.4 is 10.1 Å². The van der Waals surface area contributed by atoms with Crippen molar-refractivity contribution in [1.29, 1.82) is 0 Å². The highest BCUT2D eigenvalue weighted by Gasteiger charge is 2.36. The topological polar surface area (TPSA) is 99.9 Å². The normalized spacial score (nSPS) is 19.1. The number of β-amino-alcohol motifs (C(OH)–C–C–N with tert-alkyl or cyclic N) is 1. The van der Waals surface area contributed by atoms with E-state index >= 15 is 0 Å². The molecule has 1 amide bonds. The molecule has 1 aliphatic carbocycles. The molecule has 34 heavy (non-hydrogen) atoms. The molecule has 0 unspecified atom stereocenters. The molecule has 4 heterocycles. The minimum absolute atomic E-state index is 0.0255. The number of hydrogen-bond acceptors (Lipinski definition) is 8. The van der Waals surface area contributed by atoms with Gasteiger partial charge in [0.1, 0.15) is 22.7 Å². The van der Waals surface area contributed by atoms with Crippen LogP contribution in [0, 0.1) is 5.92 Å². The Kier molecular flexibility index (Phi) is 5.45. The number of aliphatic hydroxyl groups excluding tert-OH is 1. The first-order chi connectivity index (χ1) is 16.6. The third kappa shape index (κ3) is 3.73. The fraction of sp³-hybridized carbons (Fsp3) is 0.440. The molecule has 9 heteroatoms. The molecule has 0 radical (unpaired) electrons. The molecule has 176 valence electrons. The van der Waals surface area contributed by atoms with Gasteiger partial charge in [-0.25, -0.2) is 9.97 Å². The predicted octanol–water partition coefficient (Wildman–Crippen LogP) is 3.46. The number of aliphatic imine (C=N–C) groups is 1. The SMILES string of the molecule is CCCOc1cc2c(cc1Nc1ncnc3sc4c(c13)CC[C@H](C(=O)N1CC(O)C1)C4)C=NC2. The first-order valence-electron chi connectivity index (χ1n) is 11.9. The quantitative estimate of drug-likeness (QED) is 0.564. The van der Waals surface area contributed by atoms with Crippen LogP contribution in [0.15, 0.2) is 23.5 Å². The lowest BCUT2D eigenvalue weighted by molar-refractivity contribution is -0.146. The third-order valence-electron chi connectivity index (χ3n) is 6.82. The Morgan fingerprint density at radius 3 is 3.03 bits per heavy atom. The Morgan fingerprint density at radius 1 is 1.32 bits per heavy atom. The molecule has 2 N–H and O–H groups in total. The summed E-state index contributed by atoms with van der Waals surface area (Å²) in [6.07, 6.45) is 6.41. The average molecular weight is 478 g/mol. The molecule has 0 bridgehead atoms. The zero-order chi connectivity index (χ0) is 23.2. The summed E-state index contributed by atoms with van der Waals surface area (Å²) in [5.74, 6) is 1.72. The number of aromatic nitrogens is 2. The van der Waals surface area contributed by atoms with Gasteiger partial charge >= 0.3 is 0 Å². The van der Waals surface area contributed by atoms with Gasteiger partial charge in [0.25, 0.3) is 0 Å². The lowest BCUT2D eigenvalue weighted by atomic mass is 9.86. The van der Waals surface area contributed by atoms with E-state index < -0.39 is 0 Å². The molecule has 1 fully saturated rings. The van der Waals surface area contributed by atoms with Gasteiger partial charge in [0.05, 0.1) is 30.3 Å². The van der Waals surface area contributed by atoms with Crippen LogP contribution in [0.25, 0.3) is 10.2 Å². The number of ether oxygens (including phenoxy) is 1. The Bertz CT molecular complexity index is 1300. The van der Waals surface area contributed by atoms with Gasteiger partial charge in [-0.3, -0.25) is 9.79 Å². The van der Waals surface area contributed by atoms with Gasteiger partial charge in [0.2, 0.25) is 5.91 Å². The van der Waals surface area contributed by atoms with Crippen molar-refractivity contribution in [3.05, 3.63) is 40.0 Å². The molecule has 6 rings (SSSR count). The van der Waals surface area contributed by atoms with E-state index in [4.69, 9.17) is 4.74 Å². The third-order valence-corrected chi connectivity index (χ3v) is 7.98. The first kappa shape index (κ1) is 21.5. The van der Waals surface area contributed by atoms with Crippen molar-refractivity contribution in [2.45, 2.75) is 45.3 Å². The molecule has 2 aromatic heterocycles. The fourth-order valence-corrected chi connectivity index (χ4v) is 6.27. The number of anilines is 2. The molecule has 0 spiro atoms. The molecular weight excluding hydrogens is 450 g/mol. The number of carbonyl (C=O) groups is 1. The van der Waals surface area contributed by atoms with Crippen LogP contribution in [0.4, 0.5) is 11.5 Å². The van der Waals surface area contributed by atoms with Crippen LogP contribution in [0.2, 0.25) is 0 Å². The smallest absolute Gasteiger partial charge is 0.226 e. The summed E-state index contributed by atoms with van der Waals surface area (Å²) in [5, 5.41) is 14.1. The second-order valence-electron chi connectivity index (χ2n) is 9.23. The molecule has 3 aromatic rings. The van der Waals surface area contributed by atoms with Crippen molar-refractivity contribution < 1.29 is 14.6 Å². The average Bonchev–Trinajstić information content (AvgIpc) is 3.43. The van der Waals surface area contributed by atoms with Crippen molar-refractivity contribution in [2.24, 2.45) is 10.9 Å². The molecule has 8 nitrogen and oxygen atoms in total. The molecular formula is C25H27N5O3S. The highest BCUT2D eigenvalue weighted by Crippen LogP contribution is 2.42. The van der Waals surface area contributed by atoms with E-state index in [0.717, 1.165) is 58.7 Å². The van der Waals surface area contributed by atoms with E-state index in [1.54, 1.807) is 22.6 Å². The van der Waals surface area contributed by atoms with Crippen molar-refractivity contribution in [2.75, 3.05) is 25.0 Å². The number of carbonyl (C=O) groups excluding carboxylic acids is 1. The van der Waals surface area contributed by atoms with Crippen molar-refractivity contribution >= 4 is 45.2 Å². The van der Waals surface area contributed by atoms with E-state index in [2.05, 4.69) is 39.3 Å². The Balaban J connectivity index is 1.31. The van der Waals surface area contributed by atoms with Crippen LogP contribution >= 0.6 is 11.3 Å². The molecule has 1 saturated heterocycles. The Labute approximate surface area is 201 Å². The second kappa shape index (κ2) is 8.63. The van der Waals surface area contributed by atoms with Gasteiger partial charge in [-0.2, -0.15) is 0 Å². The summed E-state index contributed by atoms with van der Waals surface area (Å²) in [6.45, 7) is 4.34. The largest absolute Gasteiger partial charge is 0.491 e. The van der Waals surface area contributed by atoms with Gasteiger partial charge in [-0.1, -0.05) is 6.92 Å². The van der Waals surface area contributed by atoms with Crippen LogP contribution in [0.5, 0.6) is 5.75 Å². The Morgan fingerprint density at radius 2 is 2.21 bits per heavy atom. The van der Waals surface area contributed by atoms with Crippen molar-refractivity contribution in [3.63, 3.8) is 0 Å². The molecule has 3 aliphatic rings. The molecule has 2 aliphatic heterocycles. The maximum absolute atomic E-state index is 12.8. The maximum Gasteiger partial charge on any atom is 0.226 e. The fourth-order valence-electron chi connectivity index (χ4n) is 5.00. The minimum atomic E-state index is -0.368. The van der Waals surface area contributed by atoms with Gasteiger partial charge in [-0.15, -0.1) is 11.3 Å². The summed E-state index contributed by atoms with van der Waals surface area (Å²) in [7, 11) is 0. The highest BCUT2D eigenvalue weighted by atomic mass is 32.1.